The summed E-state index contributed by atoms with van der Waals surface area (Å²) in [6.07, 6.45) is 2.16. The summed E-state index contributed by atoms with van der Waals surface area (Å²) in [4.78, 5) is 23.0. The number of ketones is 1. The van der Waals surface area contributed by atoms with Gasteiger partial charge >= 0.3 is 0 Å². The first-order valence-electron chi connectivity index (χ1n) is 5.98. The number of hydrogen-bond donors (Lipinski definition) is 1. The lowest BCUT2D eigenvalue weighted by atomic mass is 10.0. The van der Waals surface area contributed by atoms with Gasteiger partial charge in [0.15, 0.2) is 5.78 Å². The van der Waals surface area contributed by atoms with E-state index in [1.165, 1.54) is 6.92 Å². The van der Waals surface area contributed by atoms with E-state index in [2.05, 4.69) is 5.32 Å². The van der Waals surface area contributed by atoms with Crippen LogP contribution in [-0.2, 0) is 4.79 Å². The number of carbonyl (C=O) groups is 2. The van der Waals surface area contributed by atoms with Crippen LogP contribution in [0.2, 0.25) is 0 Å². The van der Waals surface area contributed by atoms with E-state index >= 15 is 0 Å². The summed E-state index contributed by atoms with van der Waals surface area (Å²) in [5.74, 6) is 0.00196. The third-order valence-corrected chi connectivity index (χ3v) is 2.57. The van der Waals surface area contributed by atoms with Crippen LogP contribution >= 0.6 is 0 Å². The van der Waals surface area contributed by atoms with Crippen LogP contribution in [0.15, 0.2) is 30.3 Å². The molecule has 0 fully saturated rings. The highest BCUT2D eigenvalue weighted by atomic mass is 16.1. The lowest BCUT2D eigenvalue weighted by Gasteiger charge is -2.16. The predicted octanol–water partition coefficient (Wildman–Crippen LogP) is 2.56. The van der Waals surface area contributed by atoms with Gasteiger partial charge in [-0.1, -0.05) is 43.7 Å². The molecular weight excluding hydrogens is 214 g/mol. The summed E-state index contributed by atoms with van der Waals surface area (Å²) in [7, 11) is 0. The molecule has 1 rings (SSSR count). The first-order chi connectivity index (χ1) is 8.13. The summed E-state index contributed by atoms with van der Waals surface area (Å²) in [6, 6.07) is 9.14. The first-order valence-corrected chi connectivity index (χ1v) is 5.98. The molecule has 0 aliphatic carbocycles. The first kappa shape index (κ1) is 13.4. The standard InChI is InChI=1S/C14H19NO2/c1-3-7-13(15-11(2)16)10-14(17)12-8-5-4-6-9-12/h4-6,8-9,13H,3,7,10H2,1-2H3,(H,15,16). The molecule has 1 atom stereocenters. The molecule has 92 valence electrons. The van der Waals surface area contributed by atoms with Gasteiger partial charge in [0, 0.05) is 24.9 Å². The zero-order chi connectivity index (χ0) is 12.7. The molecule has 17 heavy (non-hydrogen) atoms. The molecule has 0 aliphatic heterocycles. The average Bonchev–Trinajstić information content (AvgIpc) is 2.29. The highest BCUT2D eigenvalue weighted by Crippen LogP contribution is 2.09. The molecule has 3 nitrogen and oxygen atoms in total. The van der Waals surface area contributed by atoms with Crippen LogP contribution in [0.25, 0.3) is 0 Å². The van der Waals surface area contributed by atoms with Crippen LogP contribution in [0.3, 0.4) is 0 Å². The second-order valence-electron chi connectivity index (χ2n) is 4.18. The van der Waals surface area contributed by atoms with Crippen molar-refractivity contribution in [1.82, 2.24) is 5.32 Å². The lowest BCUT2D eigenvalue weighted by molar-refractivity contribution is -0.119. The molecule has 1 unspecified atom stereocenters. The molecule has 0 saturated carbocycles. The van der Waals surface area contributed by atoms with Gasteiger partial charge in [-0.15, -0.1) is 0 Å². The molecule has 0 aromatic heterocycles. The van der Waals surface area contributed by atoms with Crippen molar-refractivity contribution in [3.05, 3.63) is 35.9 Å². The fraction of sp³-hybridized carbons (Fsp3) is 0.429. The number of rotatable bonds is 6. The van der Waals surface area contributed by atoms with Crippen LogP contribution in [0.1, 0.15) is 43.5 Å². The number of nitrogens with one attached hydrogen (secondary N) is 1. The van der Waals surface area contributed by atoms with Crippen molar-refractivity contribution in [2.75, 3.05) is 0 Å². The number of carbonyl (C=O) groups excluding carboxylic acids is 2. The van der Waals surface area contributed by atoms with Crippen molar-refractivity contribution in [2.45, 2.75) is 39.2 Å². The van der Waals surface area contributed by atoms with Gasteiger partial charge < -0.3 is 5.32 Å². The van der Waals surface area contributed by atoms with Gasteiger partial charge in [-0.05, 0) is 6.42 Å². The van der Waals surface area contributed by atoms with Crippen LogP contribution < -0.4 is 5.32 Å². The quantitative estimate of drug-likeness (QED) is 0.767. The summed E-state index contributed by atoms with van der Waals surface area (Å²) >= 11 is 0. The molecule has 1 aromatic carbocycles. The Balaban J connectivity index is 2.60. The Labute approximate surface area is 102 Å². The Morgan fingerprint density at radius 1 is 1.24 bits per heavy atom. The van der Waals surface area contributed by atoms with Crippen molar-refractivity contribution in [2.24, 2.45) is 0 Å². The van der Waals surface area contributed by atoms with Gasteiger partial charge in [0.1, 0.15) is 0 Å². The van der Waals surface area contributed by atoms with E-state index in [-0.39, 0.29) is 17.7 Å². The van der Waals surface area contributed by atoms with Crippen LogP contribution in [0.4, 0.5) is 0 Å². The monoisotopic (exact) mass is 233 g/mol. The van der Waals surface area contributed by atoms with E-state index in [4.69, 9.17) is 0 Å². The number of amides is 1. The molecule has 1 amide bonds. The molecule has 0 bridgehead atoms. The van der Waals surface area contributed by atoms with E-state index in [1.54, 1.807) is 12.1 Å². The molecule has 1 aromatic rings. The van der Waals surface area contributed by atoms with Gasteiger partial charge in [0.2, 0.25) is 5.91 Å². The average molecular weight is 233 g/mol. The molecular formula is C14H19NO2. The van der Waals surface area contributed by atoms with Gasteiger partial charge in [0.25, 0.3) is 0 Å². The van der Waals surface area contributed by atoms with Crippen molar-refractivity contribution < 1.29 is 9.59 Å². The van der Waals surface area contributed by atoms with Crippen LogP contribution in [-0.4, -0.2) is 17.7 Å². The Morgan fingerprint density at radius 3 is 2.41 bits per heavy atom. The maximum Gasteiger partial charge on any atom is 0.217 e. The zero-order valence-corrected chi connectivity index (χ0v) is 10.4. The summed E-state index contributed by atoms with van der Waals surface area (Å²) < 4.78 is 0. The Kier molecular flexibility index (Phi) is 5.40. The summed E-state index contributed by atoms with van der Waals surface area (Å²) in [6.45, 7) is 3.53. The molecule has 0 aliphatic rings. The second-order valence-corrected chi connectivity index (χ2v) is 4.18. The Morgan fingerprint density at radius 2 is 1.88 bits per heavy atom. The van der Waals surface area contributed by atoms with E-state index in [0.29, 0.717) is 12.0 Å². The van der Waals surface area contributed by atoms with E-state index < -0.39 is 0 Å². The molecule has 0 spiro atoms. The summed E-state index contributed by atoms with van der Waals surface area (Å²) in [5, 5.41) is 2.82. The van der Waals surface area contributed by atoms with Crippen LogP contribution in [0.5, 0.6) is 0 Å². The largest absolute Gasteiger partial charge is 0.353 e. The number of Topliss-reactive ketones (excluding diaryl/α,β-unsaturated/α-hetero) is 1. The summed E-state index contributed by atoms with van der Waals surface area (Å²) in [5.41, 5.74) is 0.707. The molecule has 1 N–H and O–H groups in total. The maximum atomic E-state index is 12.0. The SMILES string of the molecule is CCCC(CC(=O)c1ccccc1)NC(C)=O. The zero-order valence-electron chi connectivity index (χ0n) is 10.4. The van der Waals surface area contributed by atoms with E-state index in [9.17, 15) is 9.59 Å². The predicted molar refractivity (Wildman–Crippen MR) is 67.9 cm³/mol. The number of hydrogen-bond acceptors (Lipinski definition) is 2. The Bertz CT molecular complexity index is 373. The molecule has 0 saturated heterocycles. The normalized spacial score (nSPS) is 11.9. The highest BCUT2D eigenvalue weighted by molar-refractivity contribution is 5.96. The van der Waals surface area contributed by atoms with E-state index in [1.807, 2.05) is 25.1 Å². The van der Waals surface area contributed by atoms with E-state index in [0.717, 1.165) is 12.8 Å². The molecule has 0 heterocycles. The van der Waals surface area contributed by atoms with Crippen molar-refractivity contribution >= 4 is 11.7 Å². The number of benzene rings is 1. The van der Waals surface area contributed by atoms with Crippen LogP contribution in [0, 0.1) is 0 Å². The fourth-order valence-corrected chi connectivity index (χ4v) is 1.83. The van der Waals surface area contributed by atoms with Crippen molar-refractivity contribution in [3.8, 4) is 0 Å². The lowest BCUT2D eigenvalue weighted by Crippen LogP contribution is -2.34. The van der Waals surface area contributed by atoms with Crippen molar-refractivity contribution in [1.29, 1.82) is 0 Å². The van der Waals surface area contributed by atoms with Gasteiger partial charge in [-0.25, -0.2) is 0 Å². The Hall–Kier alpha value is -1.64. The highest BCUT2D eigenvalue weighted by Gasteiger charge is 2.15. The second kappa shape index (κ2) is 6.84. The molecule has 3 heteroatoms. The van der Waals surface area contributed by atoms with Gasteiger partial charge in [0.05, 0.1) is 0 Å². The third-order valence-electron chi connectivity index (χ3n) is 2.57. The topological polar surface area (TPSA) is 46.2 Å². The van der Waals surface area contributed by atoms with Gasteiger partial charge in [-0.2, -0.15) is 0 Å². The smallest absolute Gasteiger partial charge is 0.217 e. The maximum absolute atomic E-state index is 12.0. The third kappa shape index (κ3) is 4.81. The minimum absolute atomic E-state index is 0.0507. The minimum Gasteiger partial charge on any atom is -0.353 e. The molecule has 0 radical (unpaired) electrons. The minimum atomic E-state index is -0.0793. The fourth-order valence-electron chi connectivity index (χ4n) is 1.83. The van der Waals surface area contributed by atoms with Crippen molar-refractivity contribution in [3.63, 3.8) is 0 Å². The van der Waals surface area contributed by atoms with Gasteiger partial charge in [-0.3, -0.25) is 9.59 Å².